The Bertz CT molecular complexity index is 217. The van der Waals surface area contributed by atoms with Crippen LogP contribution in [0.5, 0.6) is 0 Å². The molecule has 39 valence electrons. The number of nitrogens with zero attached hydrogens (tertiary/aromatic N) is 2. The van der Waals surface area contributed by atoms with Crippen LogP contribution < -0.4 is 0 Å². The van der Waals surface area contributed by atoms with Gasteiger partial charge in [0, 0.05) is 19.4 Å². The van der Waals surface area contributed by atoms with E-state index in [1.54, 1.807) is 23.0 Å². The molecule has 0 fully saturated rings. The smallest absolute Gasteiger partial charge is 0.101 e. The topological polar surface area (TPSA) is 28.7 Å². The van der Waals surface area contributed by atoms with Crippen LogP contribution in [-0.2, 0) is 0 Å². The number of nitriles is 1. The number of hydrogen-bond donors (Lipinski definition) is 0. The van der Waals surface area contributed by atoms with Crippen LogP contribution in [0.1, 0.15) is 5.56 Å². The van der Waals surface area contributed by atoms with Gasteiger partial charge in [-0.05, 0) is 6.07 Å². The Balaban J connectivity index is 3.05. The summed E-state index contributed by atoms with van der Waals surface area (Å²) in [5.41, 5.74) is 0.653. The quantitative estimate of drug-likeness (QED) is 0.483. The second-order valence-corrected chi connectivity index (χ2v) is 1.53. The third-order valence-electron chi connectivity index (χ3n) is 0.880. The molecule has 1 aromatic rings. The highest BCUT2D eigenvalue weighted by Gasteiger charge is 1.86. The third kappa shape index (κ3) is 0.710. The lowest BCUT2D eigenvalue weighted by molar-refractivity contribution is 1.09. The van der Waals surface area contributed by atoms with Gasteiger partial charge in [-0.3, -0.25) is 0 Å². The summed E-state index contributed by atoms with van der Waals surface area (Å²) in [4.78, 5) is 0. The predicted molar refractivity (Wildman–Crippen MR) is 29.9 cm³/mol. The molecule has 0 spiro atoms. The maximum absolute atomic E-state index is 8.26. The molecule has 2 nitrogen and oxygen atoms in total. The van der Waals surface area contributed by atoms with Gasteiger partial charge >= 0.3 is 0 Å². The van der Waals surface area contributed by atoms with Gasteiger partial charge in [0.2, 0.25) is 0 Å². The Morgan fingerprint density at radius 2 is 2.50 bits per heavy atom. The first-order valence-electron chi connectivity index (χ1n) is 2.22. The number of hydrogen-bond acceptors (Lipinski definition) is 1. The van der Waals surface area contributed by atoms with Gasteiger partial charge in [0.25, 0.3) is 0 Å². The van der Waals surface area contributed by atoms with Crippen molar-refractivity contribution in [2.45, 2.75) is 0 Å². The lowest BCUT2D eigenvalue weighted by atomic mass is 10.4. The van der Waals surface area contributed by atoms with Gasteiger partial charge in [0.05, 0.1) is 5.56 Å². The van der Waals surface area contributed by atoms with Crippen molar-refractivity contribution in [3.63, 3.8) is 0 Å². The summed E-state index contributed by atoms with van der Waals surface area (Å²) in [5, 5.41) is 8.26. The molecule has 0 amide bonds. The first-order chi connectivity index (χ1) is 3.83. The highest BCUT2D eigenvalue weighted by Crippen LogP contribution is 1.95. The van der Waals surface area contributed by atoms with Crippen molar-refractivity contribution in [1.29, 1.82) is 5.26 Å². The van der Waals surface area contributed by atoms with Crippen molar-refractivity contribution in [3.05, 3.63) is 31.1 Å². The average molecular weight is 105 g/mol. The molecule has 8 heavy (non-hydrogen) atoms. The van der Waals surface area contributed by atoms with Gasteiger partial charge in [-0.25, -0.2) is 0 Å². The minimum Gasteiger partial charge on any atom is -0.351 e. The van der Waals surface area contributed by atoms with Crippen molar-refractivity contribution in [3.8, 4) is 6.07 Å². The SMILES string of the molecule is [CH2]n1ccc(C#N)c1. The molecule has 0 aliphatic carbocycles. The van der Waals surface area contributed by atoms with E-state index in [0.29, 0.717) is 5.56 Å². The highest BCUT2D eigenvalue weighted by atomic mass is 14.9. The molecule has 1 rings (SSSR count). The van der Waals surface area contributed by atoms with E-state index in [2.05, 4.69) is 7.05 Å². The van der Waals surface area contributed by atoms with E-state index < -0.39 is 0 Å². The number of rotatable bonds is 0. The van der Waals surface area contributed by atoms with Crippen molar-refractivity contribution in [1.82, 2.24) is 4.57 Å². The van der Waals surface area contributed by atoms with E-state index in [4.69, 9.17) is 5.26 Å². The minimum atomic E-state index is 0.653. The van der Waals surface area contributed by atoms with Crippen LogP contribution in [0.25, 0.3) is 0 Å². The number of aromatic nitrogens is 1. The van der Waals surface area contributed by atoms with E-state index in [0.717, 1.165) is 0 Å². The molecule has 1 radical (unpaired) electrons. The largest absolute Gasteiger partial charge is 0.351 e. The molecule has 0 unspecified atom stereocenters. The monoisotopic (exact) mass is 105 g/mol. The van der Waals surface area contributed by atoms with E-state index in [9.17, 15) is 0 Å². The van der Waals surface area contributed by atoms with E-state index >= 15 is 0 Å². The Hall–Kier alpha value is -1.23. The van der Waals surface area contributed by atoms with Gasteiger partial charge in [0.15, 0.2) is 0 Å². The molecule has 0 saturated heterocycles. The molecule has 0 saturated carbocycles. The molecule has 2 heteroatoms. The second kappa shape index (κ2) is 1.71. The van der Waals surface area contributed by atoms with Gasteiger partial charge in [-0.1, -0.05) is 0 Å². The Morgan fingerprint density at radius 3 is 2.75 bits per heavy atom. The van der Waals surface area contributed by atoms with E-state index in [-0.39, 0.29) is 0 Å². The van der Waals surface area contributed by atoms with Crippen LogP contribution in [0.15, 0.2) is 18.5 Å². The molecular weight excluding hydrogens is 100 g/mol. The van der Waals surface area contributed by atoms with Crippen molar-refractivity contribution < 1.29 is 0 Å². The summed E-state index contributed by atoms with van der Waals surface area (Å²) in [6.07, 6.45) is 3.40. The molecule has 1 heterocycles. The Labute approximate surface area is 48.0 Å². The zero-order valence-electron chi connectivity index (χ0n) is 4.33. The summed E-state index contributed by atoms with van der Waals surface area (Å²) in [5.74, 6) is 0. The summed E-state index contributed by atoms with van der Waals surface area (Å²) in [7, 11) is 3.55. The van der Waals surface area contributed by atoms with E-state index in [1.807, 2.05) is 6.07 Å². The fourth-order valence-corrected chi connectivity index (χ4v) is 0.507. The summed E-state index contributed by atoms with van der Waals surface area (Å²) < 4.78 is 1.60. The van der Waals surface area contributed by atoms with Crippen LogP contribution in [0.2, 0.25) is 0 Å². The average Bonchev–Trinajstić information content (AvgIpc) is 2.14. The van der Waals surface area contributed by atoms with E-state index in [1.165, 1.54) is 0 Å². The molecule has 0 aromatic carbocycles. The molecule has 0 atom stereocenters. The standard InChI is InChI=1S/C6H5N2/c1-8-3-2-6(4-7)5-8/h2-3,5H,1H2. The summed E-state index contributed by atoms with van der Waals surface area (Å²) in [6.45, 7) is 0. The van der Waals surface area contributed by atoms with Crippen LogP contribution >= 0.6 is 0 Å². The Kier molecular flexibility index (Phi) is 1.05. The van der Waals surface area contributed by atoms with Gasteiger partial charge in [-0.15, -0.1) is 0 Å². The van der Waals surface area contributed by atoms with Crippen LogP contribution in [0.3, 0.4) is 0 Å². The van der Waals surface area contributed by atoms with Crippen LogP contribution in [0, 0.1) is 18.4 Å². The fourth-order valence-electron chi connectivity index (χ4n) is 0.507. The molecule has 0 aliphatic rings. The van der Waals surface area contributed by atoms with Gasteiger partial charge < -0.3 is 4.57 Å². The molecule has 0 bridgehead atoms. The van der Waals surface area contributed by atoms with Crippen LogP contribution in [0.4, 0.5) is 0 Å². The van der Waals surface area contributed by atoms with Crippen molar-refractivity contribution in [2.75, 3.05) is 0 Å². The molecule has 0 N–H and O–H groups in total. The first kappa shape index (κ1) is 4.92. The third-order valence-corrected chi connectivity index (χ3v) is 0.880. The van der Waals surface area contributed by atoms with Crippen LogP contribution in [-0.4, -0.2) is 4.57 Å². The molecule has 0 aliphatic heterocycles. The lowest BCUT2D eigenvalue weighted by Crippen LogP contribution is -1.73. The fraction of sp³-hybridized carbons (Fsp3) is 0. The predicted octanol–water partition coefficient (Wildman–Crippen LogP) is 0.999. The maximum atomic E-state index is 8.26. The van der Waals surface area contributed by atoms with Crippen molar-refractivity contribution in [2.24, 2.45) is 0 Å². The van der Waals surface area contributed by atoms with Crippen molar-refractivity contribution >= 4 is 0 Å². The zero-order chi connectivity index (χ0) is 5.98. The van der Waals surface area contributed by atoms with Gasteiger partial charge in [0.1, 0.15) is 6.07 Å². The summed E-state index contributed by atoms with van der Waals surface area (Å²) in [6, 6.07) is 3.70. The Morgan fingerprint density at radius 1 is 1.75 bits per heavy atom. The minimum absolute atomic E-state index is 0.653. The maximum Gasteiger partial charge on any atom is 0.101 e. The molecular formula is C6H5N2. The summed E-state index contributed by atoms with van der Waals surface area (Å²) >= 11 is 0. The molecule has 1 aromatic heterocycles. The normalized spacial score (nSPS) is 8.50. The first-order valence-corrected chi connectivity index (χ1v) is 2.22. The highest BCUT2D eigenvalue weighted by molar-refractivity contribution is 5.25. The van der Waals surface area contributed by atoms with Gasteiger partial charge in [-0.2, -0.15) is 5.26 Å². The second-order valence-electron chi connectivity index (χ2n) is 1.53. The zero-order valence-corrected chi connectivity index (χ0v) is 4.33. The lowest BCUT2D eigenvalue weighted by Gasteiger charge is -1.79.